The second-order valence-corrected chi connectivity index (χ2v) is 6.30. The zero-order chi connectivity index (χ0) is 12.7. The maximum Gasteiger partial charge on any atom is 0.0896 e. The van der Waals surface area contributed by atoms with E-state index in [1.54, 1.807) is 0 Å². The van der Waals surface area contributed by atoms with Gasteiger partial charge in [0.1, 0.15) is 0 Å². The Bertz CT molecular complexity index is 566. The highest BCUT2D eigenvalue weighted by Crippen LogP contribution is 2.49. The third kappa shape index (κ3) is 1.88. The van der Waals surface area contributed by atoms with Crippen LogP contribution in [-0.4, -0.2) is 6.61 Å². The second-order valence-electron chi connectivity index (χ2n) is 5.32. The summed E-state index contributed by atoms with van der Waals surface area (Å²) in [6.45, 7) is 0.895. The molecule has 2 nitrogen and oxygen atoms in total. The Balaban J connectivity index is 1.79. The van der Waals surface area contributed by atoms with Gasteiger partial charge in [-0.3, -0.25) is 0 Å². The molecule has 1 aromatic carbocycles. The van der Waals surface area contributed by atoms with Gasteiger partial charge in [0.15, 0.2) is 0 Å². The van der Waals surface area contributed by atoms with E-state index in [4.69, 9.17) is 4.74 Å². The van der Waals surface area contributed by atoms with Crippen molar-refractivity contribution in [3.8, 4) is 0 Å². The first-order valence-corrected chi connectivity index (χ1v) is 7.82. The molecule has 0 spiro atoms. The molecule has 1 aromatic heterocycles. The minimum absolute atomic E-state index is 0.262. The minimum atomic E-state index is 0.262. The average Bonchev–Trinajstić information content (AvgIpc) is 3.00. The Morgan fingerprint density at radius 3 is 3.00 bits per heavy atom. The van der Waals surface area contributed by atoms with Gasteiger partial charge in [-0.15, -0.1) is 11.3 Å². The maximum absolute atomic E-state index is 6.10. The van der Waals surface area contributed by atoms with Crippen LogP contribution in [0.25, 0.3) is 0 Å². The Morgan fingerprint density at radius 1 is 1.16 bits per heavy atom. The molecule has 3 heterocycles. The topological polar surface area (TPSA) is 21.3 Å². The van der Waals surface area contributed by atoms with Crippen LogP contribution >= 0.6 is 11.3 Å². The van der Waals surface area contributed by atoms with Crippen LogP contribution in [0.4, 0.5) is 5.69 Å². The molecule has 1 N–H and O–H groups in total. The lowest BCUT2D eigenvalue weighted by molar-refractivity contribution is -0.0377. The zero-order valence-corrected chi connectivity index (χ0v) is 11.5. The molecule has 0 unspecified atom stereocenters. The molecule has 2 aliphatic rings. The van der Waals surface area contributed by atoms with E-state index in [0.29, 0.717) is 12.0 Å². The van der Waals surface area contributed by atoms with Gasteiger partial charge < -0.3 is 10.1 Å². The number of hydrogen-bond acceptors (Lipinski definition) is 3. The van der Waals surface area contributed by atoms with Crippen molar-refractivity contribution in [1.82, 2.24) is 0 Å². The zero-order valence-electron chi connectivity index (χ0n) is 10.7. The molecule has 0 aliphatic carbocycles. The van der Waals surface area contributed by atoms with E-state index in [0.717, 1.165) is 6.61 Å². The number of rotatable bonds is 1. The van der Waals surface area contributed by atoms with Crippen molar-refractivity contribution in [3.63, 3.8) is 0 Å². The molecular weight excluding hydrogens is 254 g/mol. The van der Waals surface area contributed by atoms with Gasteiger partial charge >= 0.3 is 0 Å². The third-order valence-electron chi connectivity index (χ3n) is 4.22. The highest BCUT2D eigenvalue weighted by atomic mass is 32.1. The Morgan fingerprint density at radius 2 is 2.11 bits per heavy atom. The molecular formula is C16H17NOS. The van der Waals surface area contributed by atoms with Crippen LogP contribution in [-0.2, 0) is 4.74 Å². The highest BCUT2D eigenvalue weighted by Gasteiger charge is 2.39. The molecule has 2 aliphatic heterocycles. The van der Waals surface area contributed by atoms with E-state index in [2.05, 4.69) is 47.1 Å². The van der Waals surface area contributed by atoms with E-state index < -0.39 is 0 Å². The van der Waals surface area contributed by atoms with Gasteiger partial charge in [-0.2, -0.15) is 0 Å². The van der Waals surface area contributed by atoms with Crippen molar-refractivity contribution < 1.29 is 4.74 Å². The molecule has 3 atom stereocenters. The summed E-state index contributed by atoms with van der Waals surface area (Å²) in [6.07, 6.45) is 2.68. The van der Waals surface area contributed by atoms with Gasteiger partial charge in [0.05, 0.1) is 12.1 Å². The minimum Gasteiger partial charge on any atom is -0.377 e. The molecule has 2 aromatic rings. The van der Waals surface area contributed by atoms with Gasteiger partial charge in [-0.05, 0) is 30.4 Å². The SMILES string of the molecule is c1csc([C@@H]2Nc3ccccc3[C@H]3OCCC[C@@H]32)c1. The van der Waals surface area contributed by atoms with Crippen molar-refractivity contribution in [1.29, 1.82) is 0 Å². The second kappa shape index (κ2) is 4.66. The Kier molecular flexibility index (Phi) is 2.82. The normalized spacial score (nSPS) is 29.2. The fraction of sp³-hybridized carbons (Fsp3) is 0.375. The van der Waals surface area contributed by atoms with Gasteiger partial charge in [0.25, 0.3) is 0 Å². The molecule has 0 amide bonds. The van der Waals surface area contributed by atoms with Crippen LogP contribution in [0.15, 0.2) is 41.8 Å². The van der Waals surface area contributed by atoms with E-state index in [1.165, 1.54) is 29.0 Å². The molecule has 3 heteroatoms. The Labute approximate surface area is 117 Å². The van der Waals surface area contributed by atoms with Crippen molar-refractivity contribution in [3.05, 3.63) is 52.2 Å². The largest absolute Gasteiger partial charge is 0.377 e. The molecule has 0 radical (unpaired) electrons. The van der Waals surface area contributed by atoms with E-state index in [1.807, 2.05) is 11.3 Å². The monoisotopic (exact) mass is 271 g/mol. The lowest BCUT2D eigenvalue weighted by Gasteiger charge is -2.42. The summed E-state index contributed by atoms with van der Waals surface area (Å²) in [5.41, 5.74) is 2.57. The molecule has 0 bridgehead atoms. The smallest absolute Gasteiger partial charge is 0.0896 e. The van der Waals surface area contributed by atoms with E-state index in [9.17, 15) is 0 Å². The molecule has 19 heavy (non-hydrogen) atoms. The number of nitrogens with one attached hydrogen (secondary N) is 1. The summed E-state index contributed by atoms with van der Waals surface area (Å²) in [7, 11) is 0. The lowest BCUT2D eigenvalue weighted by Crippen LogP contribution is -2.35. The molecule has 0 saturated carbocycles. The highest BCUT2D eigenvalue weighted by molar-refractivity contribution is 7.10. The fourth-order valence-corrected chi connectivity index (χ4v) is 4.22. The predicted molar refractivity (Wildman–Crippen MR) is 78.5 cm³/mol. The summed E-state index contributed by atoms with van der Waals surface area (Å²) in [5, 5.41) is 5.89. The number of para-hydroxylation sites is 1. The van der Waals surface area contributed by atoms with Crippen LogP contribution in [0.1, 0.15) is 35.4 Å². The van der Waals surface area contributed by atoms with Crippen LogP contribution in [0.3, 0.4) is 0 Å². The number of anilines is 1. The first-order chi connectivity index (χ1) is 9.43. The maximum atomic E-state index is 6.10. The molecule has 4 rings (SSSR count). The average molecular weight is 271 g/mol. The molecule has 98 valence electrons. The first kappa shape index (κ1) is 11.5. The summed E-state index contributed by atoms with van der Waals surface area (Å²) in [5.74, 6) is 0.558. The summed E-state index contributed by atoms with van der Waals surface area (Å²) < 4.78 is 6.10. The van der Waals surface area contributed by atoms with Gasteiger partial charge in [0, 0.05) is 28.7 Å². The molecule has 1 fully saturated rings. The lowest BCUT2D eigenvalue weighted by atomic mass is 9.79. The van der Waals surface area contributed by atoms with Gasteiger partial charge in [-0.25, -0.2) is 0 Å². The number of benzene rings is 1. The first-order valence-electron chi connectivity index (χ1n) is 6.94. The Hall–Kier alpha value is -1.32. The van der Waals surface area contributed by atoms with Crippen molar-refractivity contribution >= 4 is 17.0 Å². The van der Waals surface area contributed by atoms with Gasteiger partial charge in [0.2, 0.25) is 0 Å². The fourth-order valence-electron chi connectivity index (χ4n) is 3.37. The van der Waals surface area contributed by atoms with Crippen LogP contribution in [0, 0.1) is 5.92 Å². The van der Waals surface area contributed by atoms with Crippen molar-refractivity contribution in [2.75, 3.05) is 11.9 Å². The van der Waals surface area contributed by atoms with Crippen LogP contribution in [0.2, 0.25) is 0 Å². The van der Waals surface area contributed by atoms with E-state index >= 15 is 0 Å². The number of fused-ring (bicyclic) bond motifs is 3. The number of thiophene rings is 1. The van der Waals surface area contributed by atoms with Crippen molar-refractivity contribution in [2.45, 2.75) is 25.0 Å². The van der Waals surface area contributed by atoms with E-state index in [-0.39, 0.29) is 6.10 Å². The number of ether oxygens (including phenoxy) is 1. The summed E-state index contributed by atoms with van der Waals surface area (Å²) in [6, 6.07) is 13.4. The van der Waals surface area contributed by atoms with Crippen LogP contribution < -0.4 is 5.32 Å². The standard InChI is InChI=1S/C16H17NOS/c1-2-7-13-11(5-1)16-12(6-3-9-18-16)15(17-13)14-8-4-10-19-14/h1-2,4-5,7-8,10,12,15-17H,3,6,9H2/t12-,15-,16-/m1/s1. The van der Waals surface area contributed by atoms with Gasteiger partial charge in [-0.1, -0.05) is 24.3 Å². The van der Waals surface area contributed by atoms with Crippen molar-refractivity contribution in [2.24, 2.45) is 5.92 Å². The summed E-state index contributed by atoms with van der Waals surface area (Å²) in [4.78, 5) is 1.43. The molecule has 1 saturated heterocycles. The predicted octanol–water partition coefficient (Wildman–Crippen LogP) is 4.38. The number of hydrogen-bond donors (Lipinski definition) is 1. The quantitative estimate of drug-likeness (QED) is 0.831. The summed E-state index contributed by atoms with van der Waals surface area (Å²) >= 11 is 1.84. The third-order valence-corrected chi connectivity index (χ3v) is 5.18. The van der Waals surface area contributed by atoms with Crippen LogP contribution in [0.5, 0.6) is 0 Å².